The molecule has 0 radical (unpaired) electrons. The highest BCUT2D eigenvalue weighted by Crippen LogP contribution is 2.44. The fourth-order valence-electron chi connectivity index (χ4n) is 6.73. The van der Waals surface area contributed by atoms with E-state index in [1.807, 2.05) is 72.8 Å². The molecule has 2 saturated heterocycles. The lowest BCUT2D eigenvalue weighted by molar-refractivity contribution is -0.268. The van der Waals surface area contributed by atoms with Gasteiger partial charge in [0.05, 0.1) is 23.8 Å². The van der Waals surface area contributed by atoms with Crippen molar-refractivity contribution in [3.05, 3.63) is 89.5 Å². The molecular formula is C41H48N2O12S2. The molecule has 1 unspecified atom stereocenters. The summed E-state index contributed by atoms with van der Waals surface area (Å²) in [5.74, 6) is -2.20. The summed E-state index contributed by atoms with van der Waals surface area (Å²) in [5.41, 5.74) is 9.99. The number of thiocarbonyl (C=S) groups is 1. The number of nitrogens with one attached hydrogen (secondary N) is 1. The molecule has 2 heterocycles. The lowest BCUT2D eigenvalue weighted by Gasteiger charge is -2.44. The Kier molecular flexibility index (Phi) is 15.4. The normalized spacial score (nSPS) is 25.8. The number of carbonyl (C=O) groups excluding carboxylic acids is 4. The van der Waals surface area contributed by atoms with E-state index in [1.165, 1.54) is 13.8 Å². The molecule has 5 rings (SSSR count). The number of ether oxygens (including phenoxy) is 7. The molecular weight excluding hydrogens is 777 g/mol. The summed E-state index contributed by atoms with van der Waals surface area (Å²) in [5, 5.41) is 12.8. The van der Waals surface area contributed by atoms with Gasteiger partial charge in [0.2, 0.25) is 0 Å². The molecule has 2 aliphatic rings. The monoisotopic (exact) mass is 824 g/mol. The Morgan fingerprint density at radius 1 is 0.772 bits per heavy atom. The molecule has 57 heavy (non-hydrogen) atoms. The van der Waals surface area contributed by atoms with Crippen LogP contribution in [-0.4, -0.2) is 83.0 Å². The zero-order chi connectivity index (χ0) is 41.2. The topological polar surface area (TPSA) is 191 Å². The largest absolute Gasteiger partial charge is 0.463 e. The number of hydrogen-bond acceptors (Lipinski definition) is 15. The molecule has 0 aliphatic carbocycles. The number of anilines is 2. The van der Waals surface area contributed by atoms with Gasteiger partial charge in [0.25, 0.3) is 0 Å². The third-order valence-electron chi connectivity index (χ3n) is 9.36. The number of rotatable bonds is 14. The van der Waals surface area contributed by atoms with E-state index in [1.54, 1.807) is 11.8 Å². The van der Waals surface area contributed by atoms with E-state index in [9.17, 15) is 24.3 Å². The molecule has 4 N–H and O–H groups in total. The smallest absolute Gasteiger partial charge is 0.303 e. The number of aliphatic hydroxyl groups excluding tert-OH is 1. The summed E-state index contributed by atoms with van der Waals surface area (Å²) in [4.78, 5) is 49.6. The fraction of sp³-hybridized carbons (Fsp3) is 0.439. The number of esters is 4. The van der Waals surface area contributed by atoms with Crippen molar-refractivity contribution in [3.8, 4) is 0 Å². The van der Waals surface area contributed by atoms with Crippen LogP contribution in [0.25, 0.3) is 0 Å². The Hall–Kier alpha value is -4.58. The maximum Gasteiger partial charge on any atom is 0.303 e. The zero-order valence-corrected chi connectivity index (χ0v) is 33.9. The summed E-state index contributed by atoms with van der Waals surface area (Å²) < 4.78 is 41.4. The molecule has 0 amide bonds. The molecule has 14 nitrogen and oxygen atoms in total. The minimum Gasteiger partial charge on any atom is -0.463 e. The number of thioether (sulfide) groups is 1. The van der Waals surface area contributed by atoms with Crippen LogP contribution >= 0.6 is 24.0 Å². The van der Waals surface area contributed by atoms with Gasteiger partial charge in [0.15, 0.2) is 24.6 Å². The second kappa shape index (κ2) is 20.2. The maximum absolute atomic E-state index is 12.3. The second-order valence-electron chi connectivity index (χ2n) is 13.8. The summed E-state index contributed by atoms with van der Waals surface area (Å²) >= 11 is 7.39. The summed E-state index contributed by atoms with van der Waals surface area (Å²) in [6.45, 7) is 6.38. The first kappa shape index (κ1) is 43.5. The van der Waals surface area contributed by atoms with E-state index >= 15 is 0 Å². The molecule has 9 atom stereocenters. The summed E-state index contributed by atoms with van der Waals surface area (Å²) in [6.07, 6.45) is -7.32. The number of carbonyl (C=O) groups is 4. The molecule has 16 heteroatoms. The lowest BCUT2D eigenvalue weighted by atomic mass is 9.91. The van der Waals surface area contributed by atoms with Gasteiger partial charge in [-0.2, -0.15) is 0 Å². The average molecular weight is 825 g/mol. The van der Waals surface area contributed by atoms with Crippen molar-refractivity contribution in [1.29, 1.82) is 0 Å². The van der Waals surface area contributed by atoms with Gasteiger partial charge in [-0.3, -0.25) is 19.2 Å². The Labute approximate surface area is 341 Å². The molecule has 2 fully saturated rings. The molecule has 2 aliphatic heterocycles. The first-order chi connectivity index (χ1) is 27.2. The molecule has 0 aromatic heterocycles. The van der Waals surface area contributed by atoms with E-state index in [2.05, 4.69) is 12.2 Å². The molecule has 0 saturated carbocycles. The van der Waals surface area contributed by atoms with E-state index in [0.29, 0.717) is 22.7 Å². The first-order valence-corrected chi connectivity index (χ1v) is 19.8. The predicted molar refractivity (Wildman–Crippen MR) is 214 cm³/mol. The van der Waals surface area contributed by atoms with Crippen LogP contribution < -0.4 is 11.1 Å². The van der Waals surface area contributed by atoms with E-state index < -0.39 is 60.7 Å². The molecule has 0 bridgehead atoms. The Bertz CT molecular complexity index is 1900. The third-order valence-corrected chi connectivity index (χ3v) is 10.8. The van der Waals surface area contributed by atoms with Crippen LogP contribution in [0.4, 0.5) is 11.4 Å². The molecule has 3 aromatic carbocycles. The highest BCUT2D eigenvalue weighted by atomic mass is 32.2. The van der Waals surface area contributed by atoms with Gasteiger partial charge in [-0.1, -0.05) is 67.7 Å². The molecule has 0 spiro atoms. The Balaban J connectivity index is 1.37. The van der Waals surface area contributed by atoms with E-state index in [0.717, 1.165) is 29.9 Å². The van der Waals surface area contributed by atoms with Crippen molar-refractivity contribution in [1.82, 2.24) is 0 Å². The predicted octanol–water partition coefficient (Wildman–Crippen LogP) is 5.60. The number of nitrogens with two attached hydrogens (primary N) is 1. The van der Waals surface area contributed by atoms with Gasteiger partial charge in [-0.25, -0.2) is 0 Å². The van der Waals surface area contributed by atoms with Crippen LogP contribution in [0.15, 0.2) is 77.7 Å². The van der Waals surface area contributed by atoms with Crippen molar-refractivity contribution in [3.63, 3.8) is 0 Å². The van der Waals surface area contributed by atoms with E-state index in [4.69, 9.17) is 51.1 Å². The van der Waals surface area contributed by atoms with Crippen molar-refractivity contribution in [2.45, 2.75) is 102 Å². The van der Waals surface area contributed by atoms with Crippen LogP contribution in [0.2, 0.25) is 0 Å². The standard InChI is InChI=1S/C41H48N2O12S2/c1-22-34(21-57-35-12-7-6-11-31(35)42)54-41(55-37(22)28-15-13-27(19-44)14-16-28)29-9-8-10-30(17-29)43-36(56)18-32-38(50-24(3)46)40(52-26(5)48)39(51-25(4)47)33(53-32)20-49-23(2)45/h6-17,22,32-34,37-41,44H,18-21,42H2,1-5H3,(H,43,56)/t22-,32-,33+,34+,37+,38-,39+,40+,41?/m0/s1. The SMILES string of the molecule is CC(=O)OC[C@H]1O[C@@H](CC(=S)Nc2cccc(C3O[C@H](CSc4ccccc4N)[C@H](C)[C@H](c4ccc(CO)cc4)O3)c2)[C@H](OC(C)=O)[C@@H](OC(C)=O)[C@@H]1OC(C)=O. The van der Waals surface area contributed by atoms with Crippen LogP contribution in [0, 0.1) is 5.92 Å². The zero-order valence-electron chi connectivity index (χ0n) is 32.3. The second-order valence-corrected chi connectivity index (χ2v) is 15.3. The van der Waals surface area contributed by atoms with Crippen molar-refractivity contribution in [2.75, 3.05) is 23.4 Å². The number of para-hydroxylation sites is 1. The van der Waals surface area contributed by atoms with Gasteiger partial charge in [0.1, 0.15) is 18.8 Å². The van der Waals surface area contributed by atoms with Crippen molar-refractivity contribution >= 4 is 64.2 Å². The van der Waals surface area contributed by atoms with E-state index in [-0.39, 0.29) is 42.7 Å². The quantitative estimate of drug-likeness (QED) is 0.0598. The van der Waals surface area contributed by atoms with Gasteiger partial charge in [-0.05, 0) is 35.4 Å². The summed E-state index contributed by atoms with van der Waals surface area (Å²) in [7, 11) is 0. The highest BCUT2D eigenvalue weighted by Gasteiger charge is 2.52. The van der Waals surface area contributed by atoms with Gasteiger partial charge in [0, 0.05) is 67.6 Å². The first-order valence-electron chi connectivity index (χ1n) is 18.4. The van der Waals surface area contributed by atoms with Crippen molar-refractivity contribution < 1.29 is 57.4 Å². The maximum atomic E-state index is 12.3. The van der Waals surface area contributed by atoms with Gasteiger partial charge in [-0.15, -0.1) is 11.8 Å². The highest BCUT2D eigenvalue weighted by molar-refractivity contribution is 7.99. The number of nitrogen functional groups attached to an aromatic ring is 1. The Morgan fingerprint density at radius 3 is 2.05 bits per heavy atom. The Morgan fingerprint density at radius 2 is 1.42 bits per heavy atom. The molecule has 3 aromatic rings. The van der Waals surface area contributed by atoms with Crippen LogP contribution in [0.5, 0.6) is 0 Å². The number of hydrogen-bond donors (Lipinski definition) is 3. The minimum absolute atomic E-state index is 0.0413. The van der Waals surface area contributed by atoms with Crippen LogP contribution in [0.3, 0.4) is 0 Å². The molecule has 306 valence electrons. The van der Waals surface area contributed by atoms with Crippen LogP contribution in [-0.2, 0) is 58.9 Å². The number of aliphatic hydroxyl groups is 1. The van der Waals surface area contributed by atoms with Crippen LogP contribution in [0.1, 0.15) is 70.1 Å². The van der Waals surface area contributed by atoms with Gasteiger partial charge >= 0.3 is 23.9 Å². The average Bonchev–Trinajstić information content (AvgIpc) is 3.16. The minimum atomic E-state index is -1.30. The number of benzene rings is 3. The lowest BCUT2D eigenvalue weighted by Crippen LogP contribution is -2.62. The third kappa shape index (κ3) is 12.0. The fourth-order valence-corrected chi connectivity index (χ4v) is 8.15. The van der Waals surface area contributed by atoms with Crippen molar-refractivity contribution in [2.24, 2.45) is 5.92 Å². The summed E-state index contributed by atoms with van der Waals surface area (Å²) in [6, 6.07) is 22.7. The van der Waals surface area contributed by atoms with Gasteiger partial charge < -0.3 is 49.3 Å².